The third-order valence-electron chi connectivity index (χ3n) is 1.78. The second-order valence-electron chi connectivity index (χ2n) is 2.73. The molecular weight excluding hydrogens is 166 g/mol. The van der Waals surface area contributed by atoms with E-state index in [1.165, 1.54) is 0 Å². The highest BCUT2D eigenvalue weighted by molar-refractivity contribution is 7.80. The smallest absolute Gasteiger partial charge is 0.206 e. The van der Waals surface area contributed by atoms with Crippen molar-refractivity contribution in [2.75, 3.05) is 13.2 Å². The first-order valence-electron chi connectivity index (χ1n) is 3.60. The van der Waals surface area contributed by atoms with Gasteiger partial charge in [0.2, 0.25) is 6.54 Å². The van der Waals surface area contributed by atoms with Gasteiger partial charge in [0.25, 0.3) is 0 Å². The summed E-state index contributed by atoms with van der Waals surface area (Å²) in [7, 11) is 0. The zero-order chi connectivity index (χ0) is 8.27. The van der Waals surface area contributed by atoms with E-state index in [2.05, 4.69) is 12.6 Å². The molecule has 0 aromatic carbocycles. The highest BCUT2D eigenvalue weighted by Gasteiger charge is 2.23. The molecule has 2 unspecified atom stereocenters. The molecule has 1 aliphatic rings. The van der Waals surface area contributed by atoms with Gasteiger partial charge in [-0.25, -0.2) is 0 Å². The van der Waals surface area contributed by atoms with E-state index in [1.807, 2.05) is 0 Å². The first-order chi connectivity index (χ1) is 5.18. The van der Waals surface area contributed by atoms with E-state index in [4.69, 9.17) is 4.74 Å². The Bertz CT molecular complexity index is 153. The van der Waals surface area contributed by atoms with Gasteiger partial charge in [-0.05, 0) is 12.8 Å². The van der Waals surface area contributed by atoms with E-state index in [1.54, 1.807) is 0 Å². The normalized spacial score (nSPS) is 31.7. The van der Waals surface area contributed by atoms with Crippen LogP contribution in [0, 0.1) is 16.0 Å². The number of nitro groups is 1. The fraction of sp³-hybridized carbons (Fsp3) is 1.00. The Morgan fingerprint density at radius 1 is 1.73 bits per heavy atom. The van der Waals surface area contributed by atoms with Gasteiger partial charge in [-0.3, -0.25) is 10.1 Å². The maximum Gasteiger partial charge on any atom is 0.206 e. The van der Waals surface area contributed by atoms with E-state index in [0.717, 1.165) is 6.42 Å². The molecule has 0 amide bonds. The fourth-order valence-corrected chi connectivity index (χ4v) is 1.62. The van der Waals surface area contributed by atoms with Crippen LogP contribution in [0.5, 0.6) is 0 Å². The molecule has 2 atom stereocenters. The molecule has 0 N–H and O–H groups in total. The van der Waals surface area contributed by atoms with E-state index >= 15 is 0 Å². The van der Waals surface area contributed by atoms with Crippen LogP contribution in [-0.4, -0.2) is 23.5 Å². The molecule has 11 heavy (non-hydrogen) atoms. The van der Waals surface area contributed by atoms with E-state index < -0.39 is 0 Å². The maximum absolute atomic E-state index is 10.1. The summed E-state index contributed by atoms with van der Waals surface area (Å²) in [6.45, 7) is 0.660. The molecule has 5 heteroatoms. The van der Waals surface area contributed by atoms with E-state index in [0.29, 0.717) is 13.0 Å². The lowest BCUT2D eigenvalue weighted by Gasteiger charge is -2.23. The van der Waals surface area contributed by atoms with Crippen molar-refractivity contribution in [2.45, 2.75) is 18.3 Å². The molecule has 1 fully saturated rings. The lowest BCUT2D eigenvalue weighted by Crippen LogP contribution is -2.26. The summed E-state index contributed by atoms with van der Waals surface area (Å²) in [4.78, 5) is 9.85. The minimum absolute atomic E-state index is 0.0560. The molecule has 1 aliphatic heterocycles. The first-order valence-corrected chi connectivity index (χ1v) is 4.11. The van der Waals surface area contributed by atoms with Crippen LogP contribution in [0.25, 0.3) is 0 Å². The number of hydrogen-bond donors (Lipinski definition) is 1. The van der Waals surface area contributed by atoms with Gasteiger partial charge in [0, 0.05) is 17.4 Å². The topological polar surface area (TPSA) is 52.4 Å². The van der Waals surface area contributed by atoms with Gasteiger partial charge in [-0.2, -0.15) is 0 Å². The zero-order valence-electron chi connectivity index (χ0n) is 6.10. The molecule has 0 radical (unpaired) electrons. The first kappa shape index (κ1) is 8.80. The summed E-state index contributed by atoms with van der Waals surface area (Å²) in [5.74, 6) is 0.154. The Balaban J connectivity index is 2.28. The summed E-state index contributed by atoms with van der Waals surface area (Å²) < 4.78 is 5.13. The van der Waals surface area contributed by atoms with Crippen molar-refractivity contribution >= 4 is 12.6 Å². The average molecular weight is 177 g/mol. The number of thiol groups is 1. The fourth-order valence-electron chi connectivity index (χ4n) is 1.22. The summed E-state index contributed by atoms with van der Waals surface area (Å²) in [5.41, 5.74) is -0.103. The second kappa shape index (κ2) is 3.92. The summed E-state index contributed by atoms with van der Waals surface area (Å²) >= 11 is 4.10. The van der Waals surface area contributed by atoms with Crippen LogP contribution in [0.15, 0.2) is 0 Å². The highest BCUT2D eigenvalue weighted by atomic mass is 32.1. The van der Waals surface area contributed by atoms with Crippen LogP contribution >= 0.6 is 12.6 Å². The standard InChI is InChI=1S/C6H11NO3S/c8-7(9)4-5-1-2-10-6(11)3-5/h5-6,11H,1-4H2. The van der Waals surface area contributed by atoms with Crippen LogP contribution in [0.2, 0.25) is 0 Å². The van der Waals surface area contributed by atoms with Gasteiger partial charge in [0.1, 0.15) is 5.44 Å². The molecule has 0 aromatic heterocycles. The Kier molecular flexibility index (Phi) is 3.14. The molecule has 64 valence electrons. The molecule has 0 spiro atoms. The lowest BCUT2D eigenvalue weighted by molar-refractivity contribution is -0.489. The second-order valence-corrected chi connectivity index (χ2v) is 3.31. The van der Waals surface area contributed by atoms with Gasteiger partial charge < -0.3 is 4.74 Å². The minimum atomic E-state index is -0.267. The highest BCUT2D eigenvalue weighted by Crippen LogP contribution is 2.21. The van der Waals surface area contributed by atoms with Gasteiger partial charge in [-0.15, -0.1) is 12.6 Å². The summed E-state index contributed by atoms with van der Waals surface area (Å²) in [6, 6.07) is 0. The molecule has 0 bridgehead atoms. The van der Waals surface area contributed by atoms with Crippen molar-refractivity contribution in [3.63, 3.8) is 0 Å². The molecule has 1 rings (SSSR count). The molecule has 0 aromatic rings. The van der Waals surface area contributed by atoms with Crippen molar-refractivity contribution in [3.8, 4) is 0 Å². The molecule has 1 saturated heterocycles. The van der Waals surface area contributed by atoms with Gasteiger partial charge in [0.05, 0.1) is 0 Å². The van der Waals surface area contributed by atoms with Crippen molar-refractivity contribution < 1.29 is 9.66 Å². The number of nitrogens with zero attached hydrogens (tertiary/aromatic N) is 1. The Morgan fingerprint density at radius 3 is 3.00 bits per heavy atom. The molecule has 1 heterocycles. The van der Waals surface area contributed by atoms with Crippen molar-refractivity contribution in [1.29, 1.82) is 0 Å². The molecular formula is C6H11NO3S. The van der Waals surface area contributed by atoms with Crippen molar-refractivity contribution in [2.24, 2.45) is 5.92 Å². The Morgan fingerprint density at radius 2 is 2.45 bits per heavy atom. The van der Waals surface area contributed by atoms with Crippen LogP contribution < -0.4 is 0 Å². The van der Waals surface area contributed by atoms with Crippen LogP contribution in [0.3, 0.4) is 0 Å². The SMILES string of the molecule is O=[N+]([O-])CC1CCOC(S)C1. The Hall–Kier alpha value is -0.290. The summed E-state index contributed by atoms with van der Waals surface area (Å²) in [5, 5.41) is 10.1. The molecule has 4 nitrogen and oxygen atoms in total. The molecule has 0 saturated carbocycles. The monoisotopic (exact) mass is 177 g/mol. The van der Waals surface area contributed by atoms with Crippen molar-refractivity contribution in [3.05, 3.63) is 10.1 Å². The third-order valence-corrected chi connectivity index (χ3v) is 2.14. The van der Waals surface area contributed by atoms with Gasteiger partial charge in [0.15, 0.2) is 0 Å². The number of rotatable bonds is 2. The average Bonchev–Trinajstić information content (AvgIpc) is 1.85. The van der Waals surface area contributed by atoms with Crippen LogP contribution in [-0.2, 0) is 4.74 Å². The Labute approximate surface area is 70.5 Å². The van der Waals surface area contributed by atoms with E-state index in [-0.39, 0.29) is 22.8 Å². The van der Waals surface area contributed by atoms with Gasteiger partial charge >= 0.3 is 0 Å². The predicted octanol–water partition coefficient (Wildman–Crippen LogP) is 0.946. The quantitative estimate of drug-likeness (QED) is 0.388. The van der Waals surface area contributed by atoms with Crippen LogP contribution in [0.1, 0.15) is 12.8 Å². The minimum Gasteiger partial charge on any atom is -0.368 e. The summed E-state index contributed by atoms with van der Waals surface area (Å²) in [6.07, 6.45) is 1.49. The van der Waals surface area contributed by atoms with Gasteiger partial charge in [-0.1, -0.05) is 0 Å². The maximum atomic E-state index is 10.1. The third kappa shape index (κ3) is 3.07. The number of ether oxygens (including phenoxy) is 1. The van der Waals surface area contributed by atoms with Crippen LogP contribution in [0.4, 0.5) is 0 Å². The number of hydrogen-bond acceptors (Lipinski definition) is 4. The van der Waals surface area contributed by atoms with E-state index in [9.17, 15) is 10.1 Å². The zero-order valence-corrected chi connectivity index (χ0v) is 7.00. The lowest BCUT2D eigenvalue weighted by atomic mass is 10.0. The van der Waals surface area contributed by atoms with Crippen molar-refractivity contribution in [1.82, 2.24) is 0 Å². The molecule has 0 aliphatic carbocycles. The largest absolute Gasteiger partial charge is 0.368 e. The predicted molar refractivity (Wildman–Crippen MR) is 43.3 cm³/mol.